The predicted octanol–water partition coefficient (Wildman–Crippen LogP) is 3.16. The molecule has 1 amide bonds. The normalized spacial score (nSPS) is 11.1. The minimum absolute atomic E-state index is 0.267. The van der Waals surface area contributed by atoms with Gasteiger partial charge in [-0.1, -0.05) is 37.8 Å². The first-order chi connectivity index (χ1) is 6.43. The minimum Gasteiger partial charge on any atom is -0.320 e. The van der Waals surface area contributed by atoms with Crippen molar-refractivity contribution >= 4 is 19.3 Å². The molecule has 1 aromatic carbocycles. The fraction of sp³-hybridized carbons (Fsp3) is 0.364. The SMILES string of the molecule is CN(C(=O)[Si](C)(C)C)c1ccccc1. The second-order valence-corrected chi connectivity index (χ2v) is 9.38. The monoisotopic (exact) mass is 207 g/mol. The lowest BCUT2D eigenvalue weighted by atomic mass is 10.3. The summed E-state index contributed by atoms with van der Waals surface area (Å²) in [5.74, 6) is 0. The molecule has 0 saturated heterocycles. The topological polar surface area (TPSA) is 20.3 Å². The van der Waals surface area contributed by atoms with Crippen molar-refractivity contribution in [3.8, 4) is 0 Å². The summed E-state index contributed by atoms with van der Waals surface area (Å²) >= 11 is 0. The lowest BCUT2D eigenvalue weighted by Crippen LogP contribution is -2.43. The maximum Gasteiger partial charge on any atom is 0.198 e. The van der Waals surface area contributed by atoms with E-state index in [1.54, 1.807) is 4.90 Å². The highest BCUT2D eigenvalue weighted by Crippen LogP contribution is 2.16. The van der Waals surface area contributed by atoms with Gasteiger partial charge in [-0.05, 0) is 12.1 Å². The first-order valence-corrected chi connectivity index (χ1v) is 8.26. The van der Waals surface area contributed by atoms with Crippen molar-refractivity contribution in [2.75, 3.05) is 11.9 Å². The van der Waals surface area contributed by atoms with Crippen LogP contribution in [0.2, 0.25) is 19.6 Å². The number of amides is 1. The number of hydrogen-bond acceptors (Lipinski definition) is 1. The fourth-order valence-corrected chi connectivity index (χ4v) is 2.41. The summed E-state index contributed by atoms with van der Waals surface area (Å²) < 4.78 is 0. The second-order valence-electron chi connectivity index (χ2n) is 4.45. The zero-order valence-corrected chi connectivity index (χ0v) is 10.2. The molecule has 76 valence electrons. The summed E-state index contributed by atoms with van der Waals surface area (Å²) in [6.45, 7) is 6.19. The Bertz CT molecular complexity index is 316. The maximum atomic E-state index is 12.0. The molecular formula is C11H17NOSi. The van der Waals surface area contributed by atoms with Crippen LogP contribution < -0.4 is 4.90 Å². The van der Waals surface area contributed by atoms with E-state index in [4.69, 9.17) is 0 Å². The number of carbonyl (C=O) groups excluding carboxylic acids is 1. The molecule has 0 aromatic heterocycles. The highest BCUT2D eigenvalue weighted by molar-refractivity contribution is 7.04. The number of benzene rings is 1. The lowest BCUT2D eigenvalue weighted by Gasteiger charge is -2.24. The van der Waals surface area contributed by atoms with Crippen molar-refractivity contribution < 1.29 is 4.79 Å². The van der Waals surface area contributed by atoms with Crippen LogP contribution in [0.25, 0.3) is 0 Å². The third kappa shape index (κ3) is 2.45. The molecule has 14 heavy (non-hydrogen) atoms. The molecule has 0 spiro atoms. The average molecular weight is 207 g/mol. The maximum absolute atomic E-state index is 12.0. The van der Waals surface area contributed by atoms with Crippen molar-refractivity contribution in [2.45, 2.75) is 19.6 Å². The number of carbonyl (C=O) groups is 1. The predicted molar refractivity (Wildman–Crippen MR) is 63.6 cm³/mol. The number of para-hydroxylation sites is 1. The van der Waals surface area contributed by atoms with Crippen LogP contribution >= 0.6 is 0 Å². The molecule has 0 N–H and O–H groups in total. The Hall–Kier alpha value is -1.09. The molecule has 1 aromatic rings. The van der Waals surface area contributed by atoms with Gasteiger partial charge in [-0.2, -0.15) is 0 Å². The molecule has 0 radical (unpaired) electrons. The molecule has 2 nitrogen and oxygen atoms in total. The quantitative estimate of drug-likeness (QED) is 0.682. The Morgan fingerprint density at radius 3 is 2.07 bits per heavy atom. The molecule has 0 unspecified atom stereocenters. The summed E-state index contributed by atoms with van der Waals surface area (Å²) in [5.41, 5.74) is 1.24. The first kappa shape index (κ1) is 11.0. The largest absolute Gasteiger partial charge is 0.320 e. The Kier molecular flexibility index (Phi) is 3.11. The van der Waals surface area contributed by atoms with Crippen LogP contribution in [0.1, 0.15) is 0 Å². The van der Waals surface area contributed by atoms with Gasteiger partial charge >= 0.3 is 0 Å². The molecular weight excluding hydrogens is 190 g/mol. The Morgan fingerprint density at radius 2 is 1.64 bits per heavy atom. The van der Waals surface area contributed by atoms with E-state index < -0.39 is 8.07 Å². The third-order valence-electron chi connectivity index (χ3n) is 2.09. The van der Waals surface area contributed by atoms with Crippen molar-refractivity contribution in [2.24, 2.45) is 0 Å². The van der Waals surface area contributed by atoms with Gasteiger partial charge in [0.25, 0.3) is 0 Å². The average Bonchev–Trinajstić information content (AvgIpc) is 2.15. The molecule has 0 aliphatic rings. The van der Waals surface area contributed by atoms with E-state index in [0.29, 0.717) is 0 Å². The summed E-state index contributed by atoms with van der Waals surface area (Å²) in [6, 6.07) is 9.76. The van der Waals surface area contributed by atoms with Gasteiger partial charge < -0.3 is 4.90 Å². The van der Waals surface area contributed by atoms with E-state index in [9.17, 15) is 4.79 Å². The van der Waals surface area contributed by atoms with E-state index in [1.807, 2.05) is 37.4 Å². The Balaban J connectivity index is 2.87. The molecule has 0 fully saturated rings. The van der Waals surface area contributed by atoms with Crippen LogP contribution in [0.3, 0.4) is 0 Å². The highest BCUT2D eigenvalue weighted by atomic mass is 28.3. The molecule has 0 aliphatic carbocycles. The van der Waals surface area contributed by atoms with Crippen molar-refractivity contribution in [1.29, 1.82) is 0 Å². The van der Waals surface area contributed by atoms with E-state index >= 15 is 0 Å². The van der Waals surface area contributed by atoms with Gasteiger partial charge in [-0.25, -0.2) is 0 Å². The Morgan fingerprint density at radius 1 is 1.14 bits per heavy atom. The fourth-order valence-electron chi connectivity index (χ4n) is 1.27. The van der Waals surface area contributed by atoms with Gasteiger partial charge in [-0.3, -0.25) is 4.79 Å². The van der Waals surface area contributed by atoms with Crippen LogP contribution in [0.5, 0.6) is 0 Å². The van der Waals surface area contributed by atoms with E-state index in [0.717, 1.165) is 5.69 Å². The molecule has 0 atom stereocenters. The standard InChI is InChI=1S/C11H17NOSi/c1-12(11(13)14(2,3)4)10-8-6-5-7-9-10/h5-9H,1-4H3. The lowest BCUT2D eigenvalue weighted by molar-refractivity contribution is 0.263. The summed E-state index contributed by atoms with van der Waals surface area (Å²) in [6.07, 6.45) is 0. The van der Waals surface area contributed by atoms with Gasteiger partial charge in [0.1, 0.15) is 0 Å². The van der Waals surface area contributed by atoms with Gasteiger partial charge in [-0.15, -0.1) is 0 Å². The Labute approximate surface area is 86.6 Å². The second kappa shape index (κ2) is 3.96. The van der Waals surface area contributed by atoms with E-state index in [-0.39, 0.29) is 5.53 Å². The molecule has 0 heterocycles. The first-order valence-electron chi connectivity index (χ1n) is 4.76. The van der Waals surface area contributed by atoms with Crippen molar-refractivity contribution in [1.82, 2.24) is 0 Å². The van der Waals surface area contributed by atoms with Crippen LogP contribution in [-0.4, -0.2) is 20.7 Å². The number of rotatable bonds is 2. The van der Waals surface area contributed by atoms with Crippen LogP contribution in [0.4, 0.5) is 10.5 Å². The number of nitrogens with zero attached hydrogens (tertiary/aromatic N) is 1. The van der Waals surface area contributed by atoms with Gasteiger partial charge in [0, 0.05) is 12.7 Å². The van der Waals surface area contributed by atoms with Crippen LogP contribution in [0.15, 0.2) is 30.3 Å². The summed E-state index contributed by atoms with van der Waals surface area (Å²) in [4.78, 5) is 13.7. The summed E-state index contributed by atoms with van der Waals surface area (Å²) in [7, 11) is 0.124. The van der Waals surface area contributed by atoms with Crippen LogP contribution in [-0.2, 0) is 0 Å². The van der Waals surface area contributed by atoms with Gasteiger partial charge in [0.2, 0.25) is 0 Å². The molecule has 0 saturated carbocycles. The van der Waals surface area contributed by atoms with E-state index in [1.165, 1.54) is 0 Å². The van der Waals surface area contributed by atoms with Gasteiger partial charge in [0.15, 0.2) is 13.6 Å². The zero-order chi connectivity index (χ0) is 10.8. The van der Waals surface area contributed by atoms with Crippen molar-refractivity contribution in [3.05, 3.63) is 30.3 Å². The number of anilines is 1. The van der Waals surface area contributed by atoms with E-state index in [2.05, 4.69) is 19.6 Å². The summed E-state index contributed by atoms with van der Waals surface area (Å²) in [5, 5.41) is 0. The van der Waals surface area contributed by atoms with Gasteiger partial charge in [0.05, 0.1) is 0 Å². The number of hydrogen-bond donors (Lipinski definition) is 0. The zero-order valence-electron chi connectivity index (χ0n) is 9.24. The molecule has 1 rings (SSSR count). The molecule has 0 bridgehead atoms. The smallest absolute Gasteiger partial charge is 0.198 e. The molecule has 0 aliphatic heterocycles. The third-order valence-corrected chi connectivity index (χ3v) is 3.71. The van der Waals surface area contributed by atoms with Crippen LogP contribution in [0, 0.1) is 0 Å². The van der Waals surface area contributed by atoms with Crippen molar-refractivity contribution in [3.63, 3.8) is 0 Å². The molecule has 3 heteroatoms. The minimum atomic E-state index is -1.72. The highest BCUT2D eigenvalue weighted by Gasteiger charge is 2.27.